The number of aliphatic hydroxyl groups excluding tert-OH is 1. The first-order valence-electron chi connectivity index (χ1n) is 3.41. The zero-order valence-electron chi connectivity index (χ0n) is 6.46. The number of nitrogens with zero attached hydrogens (tertiary/aromatic N) is 1. The van der Waals surface area contributed by atoms with Gasteiger partial charge in [-0.15, -0.1) is 0 Å². The average Bonchev–Trinajstić information content (AvgIpc) is 1.87. The van der Waals surface area contributed by atoms with E-state index in [0.29, 0.717) is 0 Å². The van der Waals surface area contributed by atoms with Crippen LogP contribution >= 0.6 is 0 Å². The first-order valence-corrected chi connectivity index (χ1v) is 3.41. The van der Waals surface area contributed by atoms with Crippen LogP contribution in [0.3, 0.4) is 0 Å². The van der Waals surface area contributed by atoms with Crippen LogP contribution in [-0.4, -0.2) is 11.2 Å². The van der Waals surface area contributed by atoms with Crippen LogP contribution in [0.2, 0.25) is 0 Å². The fourth-order valence-corrected chi connectivity index (χ4v) is 0.587. The predicted molar refractivity (Wildman–Crippen MR) is 40.3 cm³/mol. The maximum atomic E-state index is 8.83. The van der Waals surface area contributed by atoms with Crippen LogP contribution in [0.15, 0.2) is 11.6 Å². The van der Waals surface area contributed by atoms with Crippen LogP contribution in [0.4, 0.5) is 0 Å². The summed E-state index contributed by atoms with van der Waals surface area (Å²) in [6.07, 6.45) is 3.10. The van der Waals surface area contributed by atoms with Crippen molar-refractivity contribution in [2.24, 2.45) is 0 Å². The van der Waals surface area contributed by atoms with Gasteiger partial charge in [0.25, 0.3) is 0 Å². The van der Waals surface area contributed by atoms with Gasteiger partial charge in [-0.25, -0.2) is 0 Å². The van der Waals surface area contributed by atoms with Gasteiger partial charge in [0.2, 0.25) is 0 Å². The molecule has 0 aromatic carbocycles. The van der Waals surface area contributed by atoms with Crippen LogP contribution in [-0.2, 0) is 0 Å². The summed E-state index contributed by atoms with van der Waals surface area (Å²) in [5, 5.41) is 17.1. The lowest BCUT2D eigenvalue weighted by Crippen LogP contribution is -1.97. The highest BCUT2D eigenvalue weighted by atomic mass is 16.3. The summed E-state index contributed by atoms with van der Waals surface area (Å²) in [4.78, 5) is 0. The molecule has 0 aliphatic carbocycles. The highest BCUT2D eigenvalue weighted by Gasteiger charge is 1.92. The molecule has 0 heterocycles. The third-order valence-corrected chi connectivity index (χ3v) is 1.21. The van der Waals surface area contributed by atoms with Crippen LogP contribution in [0.5, 0.6) is 0 Å². The Bertz CT molecular complexity index is 153. The summed E-state index contributed by atoms with van der Waals surface area (Å²) in [7, 11) is 0. The molecule has 0 aromatic heterocycles. The Morgan fingerprint density at radius 1 is 1.80 bits per heavy atom. The quantitative estimate of drug-likeness (QED) is 0.604. The van der Waals surface area contributed by atoms with Crippen LogP contribution < -0.4 is 0 Å². The second-order valence-corrected chi connectivity index (χ2v) is 2.43. The van der Waals surface area contributed by atoms with E-state index in [1.54, 1.807) is 13.8 Å². The Morgan fingerprint density at radius 3 is 2.80 bits per heavy atom. The molecule has 1 unspecified atom stereocenters. The molecular weight excluding hydrogens is 126 g/mol. The summed E-state index contributed by atoms with van der Waals surface area (Å²) in [6.45, 7) is 3.51. The molecule has 0 rings (SSSR count). The van der Waals surface area contributed by atoms with E-state index in [4.69, 9.17) is 10.4 Å². The maximum Gasteiger partial charge on any atom is 0.0940 e. The first-order chi connectivity index (χ1) is 4.66. The van der Waals surface area contributed by atoms with Crippen molar-refractivity contribution in [1.29, 1.82) is 5.26 Å². The molecule has 0 saturated carbocycles. The molecule has 0 fully saturated rings. The fourth-order valence-electron chi connectivity index (χ4n) is 0.587. The molecule has 0 aromatic rings. The van der Waals surface area contributed by atoms with Gasteiger partial charge in [-0.3, -0.25) is 0 Å². The monoisotopic (exact) mass is 139 g/mol. The van der Waals surface area contributed by atoms with Crippen LogP contribution in [0.25, 0.3) is 0 Å². The number of aliphatic hydroxyl groups is 1. The summed E-state index contributed by atoms with van der Waals surface area (Å²) in [6, 6.07) is 2.02. The van der Waals surface area contributed by atoms with E-state index in [9.17, 15) is 0 Å². The third-order valence-electron chi connectivity index (χ3n) is 1.21. The summed E-state index contributed by atoms with van der Waals surface area (Å²) in [5.74, 6) is 0. The lowest BCUT2D eigenvalue weighted by molar-refractivity contribution is 0.186. The first kappa shape index (κ1) is 9.19. The van der Waals surface area contributed by atoms with Crippen molar-refractivity contribution in [3.05, 3.63) is 11.6 Å². The van der Waals surface area contributed by atoms with E-state index in [2.05, 4.69) is 0 Å². The smallest absolute Gasteiger partial charge is 0.0940 e. The van der Waals surface area contributed by atoms with Crippen molar-refractivity contribution in [3.8, 4) is 6.07 Å². The Kier molecular flexibility index (Phi) is 4.61. The van der Waals surface area contributed by atoms with Gasteiger partial charge in [-0.1, -0.05) is 6.08 Å². The second kappa shape index (κ2) is 5.01. The standard InChI is InChI=1S/C8H13NO/c1-7(6-9)4-3-5-8(2)10/h4,8,10H,3,5H2,1-2H3/b7-4-. The van der Waals surface area contributed by atoms with Crippen molar-refractivity contribution in [3.63, 3.8) is 0 Å². The lowest BCUT2D eigenvalue weighted by atomic mass is 10.2. The molecule has 0 bridgehead atoms. The Hall–Kier alpha value is -0.810. The Labute approximate surface area is 61.8 Å². The Morgan fingerprint density at radius 2 is 2.40 bits per heavy atom. The molecule has 0 spiro atoms. The molecule has 2 heteroatoms. The van der Waals surface area contributed by atoms with Gasteiger partial charge in [-0.2, -0.15) is 5.26 Å². The van der Waals surface area contributed by atoms with Gasteiger partial charge >= 0.3 is 0 Å². The molecule has 0 aliphatic rings. The summed E-state index contributed by atoms with van der Waals surface area (Å²) in [5.41, 5.74) is 0.723. The minimum absolute atomic E-state index is 0.261. The summed E-state index contributed by atoms with van der Waals surface area (Å²) < 4.78 is 0. The lowest BCUT2D eigenvalue weighted by Gasteiger charge is -1.98. The van der Waals surface area contributed by atoms with Gasteiger partial charge in [0.1, 0.15) is 0 Å². The average molecular weight is 139 g/mol. The highest BCUT2D eigenvalue weighted by molar-refractivity contribution is 5.16. The molecule has 0 amide bonds. The molecule has 2 nitrogen and oxygen atoms in total. The number of hydrogen-bond donors (Lipinski definition) is 1. The van der Waals surface area contributed by atoms with E-state index in [1.165, 1.54) is 0 Å². The fraction of sp³-hybridized carbons (Fsp3) is 0.625. The van der Waals surface area contributed by atoms with E-state index < -0.39 is 0 Å². The molecule has 0 saturated heterocycles. The number of rotatable bonds is 3. The summed E-state index contributed by atoms with van der Waals surface area (Å²) >= 11 is 0. The minimum Gasteiger partial charge on any atom is -0.393 e. The maximum absolute atomic E-state index is 8.83. The van der Waals surface area contributed by atoms with Crippen molar-refractivity contribution in [1.82, 2.24) is 0 Å². The molecule has 0 aliphatic heterocycles. The molecule has 0 radical (unpaired) electrons. The highest BCUT2D eigenvalue weighted by Crippen LogP contribution is 1.99. The largest absolute Gasteiger partial charge is 0.393 e. The molecule has 1 atom stereocenters. The van der Waals surface area contributed by atoms with Crippen molar-refractivity contribution in [2.75, 3.05) is 0 Å². The topological polar surface area (TPSA) is 44.0 Å². The second-order valence-electron chi connectivity index (χ2n) is 2.43. The van der Waals surface area contributed by atoms with E-state index in [1.807, 2.05) is 12.1 Å². The van der Waals surface area contributed by atoms with Crippen LogP contribution in [0.1, 0.15) is 26.7 Å². The Balaban J connectivity index is 3.46. The third kappa shape index (κ3) is 5.33. The molecule has 10 heavy (non-hydrogen) atoms. The zero-order valence-corrected chi connectivity index (χ0v) is 6.46. The number of nitriles is 1. The minimum atomic E-state index is -0.261. The van der Waals surface area contributed by atoms with Gasteiger partial charge < -0.3 is 5.11 Å². The van der Waals surface area contributed by atoms with E-state index >= 15 is 0 Å². The van der Waals surface area contributed by atoms with Crippen molar-refractivity contribution in [2.45, 2.75) is 32.8 Å². The van der Waals surface area contributed by atoms with E-state index in [-0.39, 0.29) is 6.10 Å². The van der Waals surface area contributed by atoms with Gasteiger partial charge in [-0.05, 0) is 26.7 Å². The SMILES string of the molecule is C/C(C#N)=C/CCC(C)O. The normalized spacial score (nSPS) is 14.4. The predicted octanol–water partition coefficient (Wildman–Crippen LogP) is 1.62. The van der Waals surface area contributed by atoms with Crippen molar-refractivity contribution < 1.29 is 5.11 Å². The van der Waals surface area contributed by atoms with Crippen molar-refractivity contribution >= 4 is 0 Å². The van der Waals surface area contributed by atoms with Gasteiger partial charge in [0.05, 0.1) is 12.2 Å². The molecule has 1 N–H and O–H groups in total. The molecule has 56 valence electrons. The number of allylic oxidation sites excluding steroid dienone is 2. The van der Waals surface area contributed by atoms with Gasteiger partial charge in [0, 0.05) is 5.57 Å². The van der Waals surface area contributed by atoms with Crippen LogP contribution in [0, 0.1) is 11.3 Å². The number of hydrogen-bond acceptors (Lipinski definition) is 2. The van der Waals surface area contributed by atoms with Gasteiger partial charge in [0.15, 0.2) is 0 Å². The molecular formula is C8H13NO. The zero-order chi connectivity index (χ0) is 7.98. The van der Waals surface area contributed by atoms with E-state index in [0.717, 1.165) is 18.4 Å².